The van der Waals surface area contributed by atoms with Gasteiger partial charge in [0.15, 0.2) is 6.61 Å². The highest BCUT2D eigenvalue weighted by Gasteiger charge is 2.27. The number of nitriles is 1. The number of furan rings is 1. The number of amides is 1. The van der Waals surface area contributed by atoms with Crippen LogP contribution in [0.2, 0.25) is 0 Å². The minimum absolute atomic E-state index is 0.0406. The molecule has 1 unspecified atom stereocenters. The Balaban J connectivity index is 1.90. The summed E-state index contributed by atoms with van der Waals surface area (Å²) in [5.41, 5.74) is -0.516. The minimum Gasteiger partial charge on any atom is -0.479 e. The van der Waals surface area contributed by atoms with Crippen molar-refractivity contribution in [2.75, 3.05) is 13.2 Å². The van der Waals surface area contributed by atoms with E-state index in [1.54, 1.807) is 50.2 Å². The molecule has 2 rings (SSSR count). The van der Waals surface area contributed by atoms with Crippen LogP contribution in [0.25, 0.3) is 0 Å². The predicted octanol–water partition coefficient (Wildman–Crippen LogP) is 2.06. The van der Waals surface area contributed by atoms with E-state index in [1.807, 2.05) is 6.07 Å². The Bertz CT molecular complexity index is 743. The molecule has 1 aromatic heterocycles. The Morgan fingerprint density at radius 1 is 1.42 bits per heavy atom. The Morgan fingerprint density at radius 2 is 2.21 bits per heavy atom. The van der Waals surface area contributed by atoms with E-state index in [0.29, 0.717) is 17.3 Å². The van der Waals surface area contributed by atoms with Crippen LogP contribution in [0.1, 0.15) is 24.0 Å². The second-order valence-corrected chi connectivity index (χ2v) is 5.73. The molecule has 1 amide bonds. The first-order valence-electron chi connectivity index (χ1n) is 7.55. The number of aryl methyl sites for hydroxylation is 1. The zero-order valence-electron chi connectivity index (χ0n) is 13.7. The highest BCUT2D eigenvalue weighted by molar-refractivity contribution is 5.78. The zero-order chi connectivity index (χ0) is 17.6. The average Bonchev–Trinajstić information content (AvgIpc) is 2.99. The number of aliphatic hydroxyl groups is 1. The second-order valence-electron chi connectivity index (χ2n) is 5.73. The molecule has 0 fully saturated rings. The Hall–Kier alpha value is -2.78. The fourth-order valence-corrected chi connectivity index (χ4v) is 2.19. The summed E-state index contributed by atoms with van der Waals surface area (Å²) >= 11 is 0. The van der Waals surface area contributed by atoms with Gasteiger partial charge in [-0.25, -0.2) is 0 Å². The summed E-state index contributed by atoms with van der Waals surface area (Å²) < 4.78 is 10.6. The van der Waals surface area contributed by atoms with Crippen molar-refractivity contribution in [1.29, 1.82) is 5.26 Å². The molecule has 0 radical (unpaired) electrons. The SMILES string of the molecule is Cc1ccc(C(C)(O)CNC(=O)Cc2cccc(OCC#N)c2)o1. The van der Waals surface area contributed by atoms with Gasteiger partial charge in [0.1, 0.15) is 28.9 Å². The molecule has 0 saturated heterocycles. The number of nitrogens with zero attached hydrogens (tertiary/aromatic N) is 1. The van der Waals surface area contributed by atoms with Crippen molar-refractivity contribution in [2.24, 2.45) is 0 Å². The van der Waals surface area contributed by atoms with Crippen LogP contribution in [0.15, 0.2) is 40.8 Å². The van der Waals surface area contributed by atoms with Crippen LogP contribution in [0.3, 0.4) is 0 Å². The maximum absolute atomic E-state index is 12.1. The van der Waals surface area contributed by atoms with Crippen LogP contribution >= 0.6 is 0 Å². The molecule has 6 nitrogen and oxygen atoms in total. The first-order chi connectivity index (χ1) is 11.4. The molecule has 0 aliphatic rings. The lowest BCUT2D eigenvalue weighted by Crippen LogP contribution is -2.39. The maximum Gasteiger partial charge on any atom is 0.224 e. The Labute approximate surface area is 140 Å². The first-order valence-corrected chi connectivity index (χ1v) is 7.55. The molecule has 126 valence electrons. The van der Waals surface area contributed by atoms with Gasteiger partial charge in [0.25, 0.3) is 0 Å². The van der Waals surface area contributed by atoms with E-state index in [-0.39, 0.29) is 25.5 Å². The normalized spacial score (nSPS) is 12.9. The van der Waals surface area contributed by atoms with Gasteiger partial charge in [0.2, 0.25) is 5.91 Å². The summed E-state index contributed by atoms with van der Waals surface area (Å²) in [5, 5.41) is 21.6. The number of carbonyl (C=O) groups excluding carboxylic acids is 1. The van der Waals surface area contributed by atoms with Gasteiger partial charge < -0.3 is 19.6 Å². The van der Waals surface area contributed by atoms with Crippen molar-refractivity contribution < 1.29 is 19.1 Å². The molecule has 1 heterocycles. The molecule has 0 spiro atoms. The van der Waals surface area contributed by atoms with Gasteiger partial charge in [0.05, 0.1) is 13.0 Å². The van der Waals surface area contributed by atoms with E-state index in [4.69, 9.17) is 14.4 Å². The third-order valence-electron chi connectivity index (χ3n) is 3.47. The van der Waals surface area contributed by atoms with Crippen LogP contribution in [0.4, 0.5) is 0 Å². The third kappa shape index (κ3) is 4.86. The molecule has 0 aliphatic carbocycles. The van der Waals surface area contributed by atoms with Crippen LogP contribution in [-0.4, -0.2) is 24.2 Å². The molecular formula is C18H20N2O4. The lowest BCUT2D eigenvalue weighted by Gasteiger charge is -2.21. The smallest absolute Gasteiger partial charge is 0.224 e. The number of benzene rings is 1. The van der Waals surface area contributed by atoms with Crippen LogP contribution in [0, 0.1) is 18.3 Å². The van der Waals surface area contributed by atoms with Gasteiger partial charge in [-0.3, -0.25) is 4.79 Å². The van der Waals surface area contributed by atoms with E-state index in [2.05, 4.69) is 5.32 Å². The minimum atomic E-state index is -1.28. The summed E-state index contributed by atoms with van der Waals surface area (Å²) in [6.07, 6.45) is 0.150. The van der Waals surface area contributed by atoms with E-state index in [0.717, 1.165) is 5.56 Å². The molecule has 0 aliphatic heterocycles. The second kappa shape index (κ2) is 7.66. The standard InChI is InChI=1S/C18H20N2O4/c1-13-6-7-16(24-13)18(2,22)12-20-17(21)11-14-4-3-5-15(10-14)23-9-8-19/h3-7,10,22H,9,11-12H2,1-2H3,(H,20,21). The van der Waals surface area contributed by atoms with Crippen molar-refractivity contribution in [2.45, 2.75) is 25.9 Å². The highest BCUT2D eigenvalue weighted by atomic mass is 16.5. The van der Waals surface area contributed by atoms with Gasteiger partial charge in [-0.1, -0.05) is 12.1 Å². The molecule has 1 atom stereocenters. The molecule has 1 aromatic carbocycles. The highest BCUT2D eigenvalue weighted by Crippen LogP contribution is 2.22. The number of rotatable bonds is 7. The number of nitrogens with one attached hydrogen (secondary N) is 1. The molecule has 6 heteroatoms. The van der Waals surface area contributed by atoms with Gasteiger partial charge >= 0.3 is 0 Å². The molecule has 2 aromatic rings. The number of hydrogen-bond donors (Lipinski definition) is 2. The Morgan fingerprint density at radius 3 is 2.88 bits per heavy atom. The molecule has 2 N–H and O–H groups in total. The summed E-state index contributed by atoms with van der Waals surface area (Å²) in [6, 6.07) is 12.3. The van der Waals surface area contributed by atoms with E-state index < -0.39 is 5.60 Å². The largest absolute Gasteiger partial charge is 0.479 e. The van der Waals surface area contributed by atoms with E-state index >= 15 is 0 Å². The van der Waals surface area contributed by atoms with Crippen molar-refractivity contribution in [1.82, 2.24) is 5.32 Å². The van der Waals surface area contributed by atoms with Gasteiger partial charge in [-0.2, -0.15) is 5.26 Å². The topological polar surface area (TPSA) is 95.5 Å². The fraction of sp³-hybridized carbons (Fsp3) is 0.333. The Kier molecular flexibility index (Phi) is 5.61. The number of carbonyl (C=O) groups is 1. The van der Waals surface area contributed by atoms with Crippen LogP contribution < -0.4 is 10.1 Å². The summed E-state index contributed by atoms with van der Waals surface area (Å²) in [5.74, 6) is 1.42. The zero-order valence-corrected chi connectivity index (χ0v) is 13.7. The van der Waals surface area contributed by atoms with Crippen LogP contribution in [-0.2, 0) is 16.8 Å². The van der Waals surface area contributed by atoms with Crippen molar-refractivity contribution in [3.05, 3.63) is 53.5 Å². The average molecular weight is 328 g/mol. The maximum atomic E-state index is 12.1. The van der Waals surface area contributed by atoms with E-state index in [9.17, 15) is 9.90 Å². The third-order valence-corrected chi connectivity index (χ3v) is 3.47. The molecule has 24 heavy (non-hydrogen) atoms. The predicted molar refractivity (Wildman–Crippen MR) is 87.3 cm³/mol. The quantitative estimate of drug-likeness (QED) is 0.811. The van der Waals surface area contributed by atoms with E-state index in [1.165, 1.54) is 0 Å². The molecule has 0 bridgehead atoms. The lowest BCUT2D eigenvalue weighted by atomic mass is 10.0. The van der Waals surface area contributed by atoms with Gasteiger partial charge in [0, 0.05) is 0 Å². The number of hydrogen-bond acceptors (Lipinski definition) is 5. The van der Waals surface area contributed by atoms with Gasteiger partial charge in [-0.15, -0.1) is 0 Å². The number of ether oxygens (including phenoxy) is 1. The summed E-state index contributed by atoms with van der Waals surface area (Å²) in [7, 11) is 0. The summed E-state index contributed by atoms with van der Waals surface area (Å²) in [4.78, 5) is 12.1. The lowest BCUT2D eigenvalue weighted by molar-refractivity contribution is -0.121. The fourth-order valence-electron chi connectivity index (χ4n) is 2.19. The molecular weight excluding hydrogens is 308 g/mol. The van der Waals surface area contributed by atoms with Crippen molar-refractivity contribution >= 4 is 5.91 Å². The summed E-state index contributed by atoms with van der Waals surface area (Å²) in [6.45, 7) is 3.38. The van der Waals surface area contributed by atoms with Crippen molar-refractivity contribution in [3.8, 4) is 11.8 Å². The monoisotopic (exact) mass is 328 g/mol. The first kappa shape index (κ1) is 17.6. The van der Waals surface area contributed by atoms with Crippen molar-refractivity contribution in [3.63, 3.8) is 0 Å². The van der Waals surface area contributed by atoms with Gasteiger partial charge in [-0.05, 0) is 43.7 Å². The van der Waals surface area contributed by atoms with Crippen LogP contribution in [0.5, 0.6) is 5.75 Å². The molecule has 0 saturated carbocycles.